The predicted octanol–water partition coefficient (Wildman–Crippen LogP) is 6.71. The van der Waals surface area contributed by atoms with Gasteiger partial charge in [-0.2, -0.15) is 4.74 Å². The molecule has 132 valence electrons. The van der Waals surface area contributed by atoms with Crippen molar-refractivity contribution in [1.82, 2.24) is 0 Å². The molecule has 1 aromatic rings. The Morgan fingerprint density at radius 1 is 0.739 bits per heavy atom. The Hall–Kier alpha value is -0.670. The molecule has 0 spiro atoms. The highest BCUT2D eigenvalue weighted by Gasteiger charge is 2.24. The van der Waals surface area contributed by atoms with Crippen molar-refractivity contribution >= 4 is 13.4 Å². The molecule has 0 N–H and O–H groups in total. The van der Waals surface area contributed by atoms with Gasteiger partial charge in [-0.3, -0.25) is 0 Å². The molecule has 0 saturated carbocycles. The third-order valence-corrected chi connectivity index (χ3v) is 5.25. The van der Waals surface area contributed by atoms with Gasteiger partial charge in [0.25, 0.3) is 0 Å². The predicted molar refractivity (Wildman–Crippen MR) is 98.0 cm³/mol. The average Bonchev–Trinajstić information content (AvgIpc) is 2.56. The minimum absolute atomic E-state index is 0.624. The molecular weight excluding hydrogens is 309 g/mol. The van der Waals surface area contributed by atoms with Crippen molar-refractivity contribution in [2.45, 2.75) is 59.3 Å². The second-order valence-corrected chi connectivity index (χ2v) is 7.38. The van der Waals surface area contributed by atoms with E-state index in [2.05, 4.69) is 20.8 Å². The standard InChI is InChI=1S/C18H32NO3P/c1-4-7-15-20-23(21-16-8-5-2,22-17-9-6-3)19-18-13-11-10-12-14-18/h10-14H,4-9,15-17H2,1-3H3. The van der Waals surface area contributed by atoms with Crippen molar-refractivity contribution in [2.75, 3.05) is 19.8 Å². The van der Waals surface area contributed by atoms with Gasteiger partial charge in [0.1, 0.15) is 0 Å². The maximum Gasteiger partial charge on any atom is 0.360 e. The lowest BCUT2D eigenvalue weighted by molar-refractivity contribution is 0.143. The Kier molecular flexibility index (Phi) is 11.3. The van der Waals surface area contributed by atoms with Crippen molar-refractivity contribution in [3.8, 4) is 0 Å². The van der Waals surface area contributed by atoms with Gasteiger partial charge in [0.2, 0.25) is 0 Å². The quantitative estimate of drug-likeness (QED) is 0.295. The highest BCUT2D eigenvalue weighted by atomic mass is 31.2. The van der Waals surface area contributed by atoms with E-state index in [0.717, 1.165) is 44.2 Å². The average molecular weight is 341 g/mol. The molecule has 0 heterocycles. The van der Waals surface area contributed by atoms with Gasteiger partial charge in [0.15, 0.2) is 0 Å². The van der Waals surface area contributed by atoms with Gasteiger partial charge >= 0.3 is 7.74 Å². The van der Waals surface area contributed by atoms with Crippen LogP contribution in [0.15, 0.2) is 35.1 Å². The molecule has 0 aliphatic heterocycles. The van der Waals surface area contributed by atoms with E-state index in [1.165, 1.54) is 0 Å². The lowest BCUT2D eigenvalue weighted by Gasteiger charge is -2.24. The van der Waals surface area contributed by atoms with E-state index in [1.807, 2.05) is 30.3 Å². The Morgan fingerprint density at radius 2 is 1.17 bits per heavy atom. The fraction of sp³-hybridized carbons (Fsp3) is 0.667. The summed E-state index contributed by atoms with van der Waals surface area (Å²) >= 11 is 0. The second kappa shape index (κ2) is 12.7. The molecule has 1 aromatic carbocycles. The van der Waals surface area contributed by atoms with Gasteiger partial charge in [0.05, 0.1) is 25.5 Å². The van der Waals surface area contributed by atoms with E-state index in [-0.39, 0.29) is 0 Å². The van der Waals surface area contributed by atoms with Gasteiger partial charge in [-0.15, -0.1) is 0 Å². The zero-order chi connectivity index (χ0) is 16.8. The van der Waals surface area contributed by atoms with Crippen molar-refractivity contribution < 1.29 is 13.6 Å². The molecule has 0 radical (unpaired) electrons. The zero-order valence-corrected chi connectivity index (χ0v) is 15.8. The third kappa shape index (κ3) is 8.66. The Morgan fingerprint density at radius 3 is 1.57 bits per heavy atom. The molecule has 23 heavy (non-hydrogen) atoms. The molecule has 1 rings (SSSR count). The fourth-order valence-corrected chi connectivity index (χ4v) is 3.70. The van der Waals surface area contributed by atoms with E-state index in [4.69, 9.17) is 18.3 Å². The number of rotatable bonds is 13. The maximum absolute atomic E-state index is 6.07. The summed E-state index contributed by atoms with van der Waals surface area (Å²) in [6, 6.07) is 9.84. The van der Waals surface area contributed by atoms with Crippen molar-refractivity contribution in [3.63, 3.8) is 0 Å². The topological polar surface area (TPSA) is 40.0 Å². The van der Waals surface area contributed by atoms with Crippen LogP contribution in [0.3, 0.4) is 0 Å². The Labute approximate surface area is 141 Å². The summed E-state index contributed by atoms with van der Waals surface area (Å²) in [5, 5.41) is 0. The van der Waals surface area contributed by atoms with Crippen LogP contribution in [0.5, 0.6) is 0 Å². The zero-order valence-electron chi connectivity index (χ0n) is 14.9. The molecule has 0 unspecified atom stereocenters. The van der Waals surface area contributed by atoms with Gasteiger partial charge in [-0.1, -0.05) is 58.2 Å². The maximum atomic E-state index is 6.07. The first-order valence-corrected chi connectivity index (χ1v) is 10.4. The van der Waals surface area contributed by atoms with Crippen LogP contribution >= 0.6 is 7.74 Å². The largest absolute Gasteiger partial charge is 0.360 e. The first kappa shape index (κ1) is 20.4. The first-order valence-electron chi connectivity index (χ1n) is 8.87. The summed E-state index contributed by atoms with van der Waals surface area (Å²) < 4.78 is 23.0. The van der Waals surface area contributed by atoms with Crippen molar-refractivity contribution in [2.24, 2.45) is 4.74 Å². The van der Waals surface area contributed by atoms with E-state index in [9.17, 15) is 0 Å². The molecule has 0 saturated heterocycles. The summed E-state index contributed by atoms with van der Waals surface area (Å²) in [5.41, 5.74) is 0.852. The van der Waals surface area contributed by atoms with Gasteiger partial charge in [-0.25, -0.2) is 0 Å². The van der Waals surface area contributed by atoms with E-state index in [1.54, 1.807) is 0 Å². The summed E-state index contributed by atoms with van der Waals surface area (Å²) in [6.07, 6.45) is 6.20. The number of nitrogens with zero attached hydrogens (tertiary/aromatic N) is 1. The molecule has 4 nitrogen and oxygen atoms in total. The molecule has 0 amide bonds. The van der Waals surface area contributed by atoms with Crippen LogP contribution in [-0.2, 0) is 13.6 Å². The third-order valence-electron chi connectivity index (χ3n) is 3.25. The Balaban J connectivity index is 2.96. The van der Waals surface area contributed by atoms with Gasteiger partial charge < -0.3 is 13.6 Å². The molecule has 0 bridgehead atoms. The Bertz CT molecular complexity index is 418. The fourth-order valence-electron chi connectivity index (χ4n) is 1.81. The van der Waals surface area contributed by atoms with Crippen LogP contribution < -0.4 is 0 Å². The van der Waals surface area contributed by atoms with Gasteiger partial charge in [0, 0.05) is 0 Å². The van der Waals surface area contributed by atoms with Crippen LogP contribution in [0, 0.1) is 0 Å². The molecule has 0 fully saturated rings. The molecule has 0 aromatic heterocycles. The number of hydrogen-bond donors (Lipinski definition) is 0. The van der Waals surface area contributed by atoms with Crippen molar-refractivity contribution in [1.29, 1.82) is 0 Å². The second-order valence-electron chi connectivity index (χ2n) is 5.46. The summed E-state index contributed by atoms with van der Waals surface area (Å²) in [4.78, 5) is 0. The lowest BCUT2D eigenvalue weighted by Crippen LogP contribution is -2.04. The van der Waals surface area contributed by atoms with E-state index in [0.29, 0.717) is 19.8 Å². The molecular formula is C18H32NO3P. The highest BCUT2D eigenvalue weighted by Crippen LogP contribution is 2.55. The van der Waals surface area contributed by atoms with E-state index >= 15 is 0 Å². The monoisotopic (exact) mass is 341 g/mol. The van der Waals surface area contributed by atoms with Gasteiger partial charge in [-0.05, 0) is 31.4 Å². The summed E-state index contributed by atoms with van der Waals surface area (Å²) in [5.74, 6) is 0. The van der Waals surface area contributed by atoms with Crippen molar-refractivity contribution in [3.05, 3.63) is 30.3 Å². The molecule has 0 atom stereocenters. The van der Waals surface area contributed by atoms with Crippen LogP contribution in [0.4, 0.5) is 5.69 Å². The number of benzene rings is 1. The van der Waals surface area contributed by atoms with Crippen LogP contribution in [-0.4, -0.2) is 19.8 Å². The van der Waals surface area contributed by atoms with Crippen LogP contribution in [0.25, 0.3) is 0 Å². The minimum atomic E-state index is -2.68. The smallest absolute Gasteiger partial charge is 0.302 e. The molecule has 0 aliphatic carbocycles. The number of hydrogen-bond acceptors (Lipinski definition) is 4. The highest BCUT2D eigenvalue weighted by molar-refractivity contribution is 7.51. The van der Waals surface area contributed by atoms with Crippen LogP contribution in [0.1, 0.15) is 59.3 Å². The summed E-state index contributed by atoms with van der Waals surface area (Å²) in [7, 11) is -2.68. The normalized spacial score (nSPS) is 11.6. The van der Waals surface area contributed by atoms with E-state index < -0.39 is 7.74 Å². The minimum Gasteiger partial charge on any atom is -0.302 e. The number of unbranched alkanes of at least 4 members (excludes halogenated alkanes) is 3. The van der Waals surface area contributed by atoms with Crippen LogP contribution in [0.2, 0.25) is 0 Å². The SMILES string of the molecule is CCCCOP(=Nc1ccccc1)(OCCCC)OCCCC. The molecule has 0 aliphatic rings. The first-order chi connectivity index (χ1) is 11.3. The summed E-state index contributed by atoms with van der Waals surface area (Å²) in [6.45, 7) is 8.31. The molecule has 5 heteroatoms. The lowest BCUT2D eigenvalue weighted by atomic mass is 10.3.